The zero-order valence-corrected chi connectivity index (χ0v) is 9.57. The van der Waals surface area contributed by atoms with Gasteiger partial charge in [-0.1, -0.05) is 0 Å². The standard InChI is InChI=1S/C11H15N3O2/c1-7(2)13-11(16)9-4-5-12-10(6-9)14-8(3)15/h4-7H,1-3H3,(H,13,16)(H,12,14,15). The number of carbonyl (C=O) groups excluding carboxylic acids is 2. The summed E-state index contributed by atoms with van der Waals surface area (Å²) in [5.74, 6) is -0.0122. The quantitative estimate of drug-likeness (QED) is 0.805. The maximum Gasteiger partial charge on any atom is 0.251 e. The van der Waals surface area contributed by atoms with E-state index in [1.807, 2.05) is 13.8 Å². The van der Waals surface area contributed by atoms with Crippen LogP contribution in [0.2, 0.25) is 0 Å². The van der Waals surface area contributed by atoms with E-state index in [0.29, 0.717) is 11.4 Å². The number of pyridine rings is 1. The Kier molecular flexibility index (Phi) is 3.99. The lowest BCUT2D eigenvalue weighted by Crippen LogP contribution is -2.30. The molecule has 0 radical (unpaired) electrons. The molecule has 16 heavy (non-hydrogen) atoms. The van der Waals surface area contributed by atoms with E-state index in [4.69, 9.17) is 0 Å². The number of aromatic nitrogens is 1. The molecule has 1 heterocycles. The van der Waals surface area contributed by atoms with Gasteiger partial charge in [-0.3, -0.25) is 9.59 Å². The van der Waals surface area contributed by atoms with Crippen LogP contribution >= 0.6 is 0 Å². The maximum absolute atomic E-state index is 11.6. The SMILES string of the molecule is CC(=O)Nc1cc(C(=O)NC(C)C)ccn1. The highest BCUT2D eigenvalue weighted by Crippen LogP contribution is 2.06. The van der Waals surface area contributed by atoms with Crippen molar-refractivity contribution in [3.63, 3.8) is 0 Å². The van der Waals surface area contributed by atoms with Crippen LogP contribution in [0.25, 0.3) is 0 Å². The van der Waals surface area contributed by atoms with Crippen molar-refractivity contribution in [3.8, 4) is 0 Å². The first-order valence-corrected chi connectivity index (χ1v) is 5.03. The molecule has 0 aliphatic rings. The second-order valence-electron chi connectivity index (χ2n) is 3.74. The van der Waals surface area contributed by atoms with Crippen LogP contribution in [0.5, 0.6) is 0 Å². The number of hydrogen-bond acceptors (Lipinski definition) is 3. The average Bonchev–Trinajstić information content (AvgIpc) is 2.16. The molecule has 0 atom stereocenters. The van der Waals surface area contributed by atoms with Crippen LogP contribution in [-0.4, -0.2) is 22.8 Å². The predicted octanol–water partition coefficient (Wildman–Crippen LogP) is 1.18. The number of amides is 2. The van der Waals surface area contributed by atoms with Crippen LogP contribution in [-0.2, 0) is 4.79 Å². The van der Waals surface area contributed by atoms with E-state index in [1.54, 1.807) is 12.1 Å². The Morgan fingerprint density at radius 3 is 2.62 bits per heavy atom. The van der Waals surface area contributed by atoms with Gasteiger partial charge in [-0.05, 0) is 26.0 Å². The van der Waals surface area contributed by atoms with E-state index in [-0.39, 0.29) is 17.9 Å². The smallest absolute Gasteiger partial charge is 0.251 e. The monoisotopic (exact) mass is 221 g/mol. The number of hydrogen-bond donors (Lipinski definition) is 2. The van der Waals surface area contributed by atoms with Crippen LogP contribution in [0.3, 0.4) is 0 Å². The fourth-order valence-corrected chi connectivity index (χ4v) is 1.17. The Morgan fingerprint density at radius 1 is 1.38 bits per heavy atom. The lowest BCUT2D eigenvalue weighted by Gasteiger charge is -2.09. The number of carbonyl (C=O) groups is 2. The van der Waals surface area contributed by atoms with Crippen LogP contribution in [0, 0.1) is 0 Å². The highest BCUT2D eigenvalue weighted by atomic mass is 16.2. The van der Waals surface area contributed by atoms with Crippen molar-refractivity contribution >= 4 is 17.6 Å². The molecule has 0 bridgehead atoms. The summed E-state index contributed by atoms with van der Waals surface area (Å²) in [6.07, 6.45) is 1.49. The van der Waals surface area contributed by atoms with Gasteiger partial charge in [0.2, 0.25) is 5.91 Å². The van der Waals surface area contributed by atoms with Gasteiger partial charge >= 0.3 is 0 Å². The molecule has 2 N–H and O–H groups in total. The number of rotatable bonds is 3. The van der Waals surface area contributed by atoms with Gasteiger partial charge in [0.25, 0.3) is 5.91 Å². The zero-order chi connectivity index (χ0) is 12.1. The maximum atomic E-state index is 11.6. The van der Waals surface area contributed by atoms with Gasteiger partial charge in [-0.15, -0.1) is 0 Å². The molecule has 0 spiro atoms. The Bertz CT molecular complexity index is 402. The molecule has 0 saturated heterocycles. The second-order valence-corrected chi connectivity index (χ2v) is 3.74. The summed E-state index contributed by atoms with van der Waals surface area (Å²) in [6.45, 7) is 5.16. The molecule has 0 fully saturated rings. The van der Waals surface area contributed by atoms with Gasteiger partial charge in [0.15, 0.2) is 0 Å². The van der Waals surface area contributed by atoms with E-state index >= 15 is 0 Å². The van der Waals surface area contributed by atoms with E-state index < -0.39 is 0 Å². The van der Waals surface area contributed by atoms with E-state index in [2.05, 4.69) is 15.6 Å². The van der Waals surface area contributed by atoms with Crippen molar-refractivity contribution < 1.29 is 9.59 Å². The predicted molar refractivity (Wildman–Crippen MR) is 61.1 cm³/mol. The topological polar surface area (TPSA) is 71.1 Å². The lowest BCUT2D eigenvalue weighted by atomic mass is 10.2. The second kappa shape index (κ2) is 5.25. The third-order valence-electron chi connectivity index (χ3n) is 1.75. The first-order valence-electron chi connectivity index (χ1n) is 5.03. The molecule has 0 saturated carbocycles. The van der Waals surface area contributed by atoms with Crippen molar-refractivity contribution in [1.82, 2.24) is 10.3 Å². The van der Waals surface area contributed by atoms with Crippen molar-refractivity contribution in [2.45, 2.75) is 26.8 Å². The fraction of sp³-hybridized carbons (Fsp3) is 0.364. The minimum absolute atomic E-state index is 0.0740. The summed E-state index contributed by atoms with van der Waals surface area (Å²) in [4.78, 5) is 26.4. The third kappa shape index (κ3) is 3.68. The summed E-state index contributed by atoms with van der Waals surface area (Å²) in [6, 6.07) is 3.21. The summed E-state index contributed by atoms with van der Waals surface area (Å²) >= 11 is 0. The highest BCUT2D eigenvalue weighted by Gasteiger charge is 2.08. The first kappa shape index (κ1) is 12.2. The zero-order valence-electron chi connectivity index (χ0n) is 9.57. The molecule has 1 rings (SSSR count). The van der Waals surface area contributed by atoms with Gasteiger partial charge < -0.3 is 10.6 Å². The van der Waals surface area contributed by atoms with Gasteiger partial charge in [-0.2, -0.15) is 0 Å². The minimum atomic E-state index is -0.214. The Morgan fingerprint density at radius 2 is 2.06 bits per heavy atom. The molecule has 5 heteroatoms. The van der Waals surface area contributed by atoms with E-state index in [0.717, 1.165) is 0 Å². The third-order valence-corrected chi connectivity index (χ3v) is 1.75. The van der Waals surface area contributed by atoms with Crippen molar-refractivity contribution in [3.05, 3.63) is 23.9 Å². The van der Waals surface area contributed by atoms with Gasteiger partial charge in [-0.25, -0.2) is 4.98 Å². The number of nitrogens with one attached hydrogen (secondary N) is 2. The molecule has 2 amide bonds. The van der Waals surface area contributed by atoms with Crippen molar-refractivity contribution in [1.29, 1.82) is 0 Å². The molecular formula is C11H15N3O2. The highest BCUT2D eigenvalue weighted by molar-refractivity contribution is 5.96. The van der Waals surface area contributed by atoms with Crippen LogP contribution in [0.15, 0.2) is 18.3 Å². The van der Waals surface area contributed by atoms with Crippen LogP contribution in [0.1, 0.15) is 31.1 Å². The van der Waals surface area contributed by atoms with Crippen molar-refractivity contribution in [2.24, 2.45) is 0 Å². The molecule has 5 nitrogen and oxygen atoms in total. The number of anilines is 1. The first-order chi connectivity index (χ1) is 7.49. The molecule has 0 aromatic carbocycles. The van der Waals surface area contributed by atoms with E-state index in [1.165, 1.54) is 13.1 Å². The van der Waals surface area contributed by atoms with Gasteiger partial charge in [0.1, 0.15) is 5.82 Å². The summed E-state index contributed by atoms with van der Waals surface area (Å²) in [5.41, 5.74) is 0.479. The lowest BCUT2D eigenvalue weighted by molar-refractivity contribution is -0.114. The van der Waals surface area contributed by atoms with Crippen molar-refractivity contribution in [2.75, 3.05) is 5.32 Å². The Balaban J connectivity index is 2.81. The van der Waals surface area contributed by atoms with Gasteiger partial charge in [0.05, 0.1) is 0 Å². The molecule has 0 unspecified atom stereocenters. The minimum Gasteiger partial charge on any atom is -0.350 e. The van der Waals surface area contributed by atoms with Crippen LogP contribution < -0.4 is 10.6 Å². The molecule has 86 valence electrons. The average molecular weight is 221 g/mol. The Hall–Kier alpha value is -1.91. The summed E-state index contributed by atoms with van der Waals surface area (Å²) in [7, 11) is 0. The largest absolute Gasteiger partial charge is 0.350 e. The Labute approximate surface area is 94.3 Å². The fourth-order valence-electron chi connectivity index (χ4n) is 1.17. The summed E-state index contributed by atoms with van der Waals surface area (Å²) in [5, 5.41) is 5.28. The molecule has 0 aliphatic carbocycles. The molecular weight excluding hydrogens is 206 g/mol. The number of nitrogens with zero attached hydrogens (tertiary/aromatic N) is 1. The van der Waals surface area contributed by atoms with Gasteiger partial charge in [0, 0.05) is 24.7 Å². The molecule has 0 aliphatic heterocycles. The van der Waals surface area contributed by atoms with E-state index in [9.17, 15) is 9.59 Å². The normalized spacial score (nSPS) is 10.0. The summed E-state index contributed by atoms with van der Waals surface area (Å²) < 4.78 is 0. The molecule has 1 aromatic rings. The molecule has 1 aromatic heterocycles. The van der Waals surface area contributed by atoms with Crippen LogP contribution in [0.4, 0.5) is 5.82 Å².